The molecule has 0 spiro atoms. The van der Waals surface area contributed by atoms with Gasteiger partial charge < -0.3 is 10.7 Å². The highest BCUT2D eigenvalue weighted by molar-refractivity contribution is 7.89. The van der Waals surface area contributed by atoms with Crippen molar-refractivity contribution in [1.82, 2.24) is 9.71 Å². The van der Waals surface area contributed by atoms with Crippen LogP contribution >= 0.6 is 0 Å². The Labute approximate surface area is 125 Å². The van der Waals surface area contributed by atoms with Crippen LogP contribution in [0.2, 0.25) is 0 Å². The molecule has 0 radical (unpaired) electrons. The standard InChI is InChI=1S/C15H21N3O2S/c1-10-4-2-3-5-13(10)18-21(19,20)15-9-17-14-8-11(16)6-7-12(14)15/h6-10,13,17-18H,2-5,16H2,1H3. The third-order valence-corrected chi connectivity index (χ3v) is 5.91. The number of benzene rings is 1. The maximum atomic E-state index is 12.6. The van der Waals surface area contributed by atoms with E-state index in [0.29, 0.717) is 21.9 Å². The molecule has 0 amide bonds. The van der Waals surface area contributed by atoms with Gasteiger partial charge in [-0.15, -0.1) is 0 Å². The van der Waals surface area contributed by atoms with Crippen LogP contribution in [0.25, 0.3) is 10.9 Å². The molecule has 6 heteroatoms. The Bertz CT molecular complexity index is 751. The first-order valence-corrected chi connectivity index (χ1v) is 8.84. The number of nitrogen functional groups attached to an aromatic ring is 1. The van der Waals surface area contributed by atoms with Crippen LogP contribution in [0.4, 0.5) is 5.69 Å². The number of aromatic amines is 1. The van der Waals surface area contributed by atoms with Crippen molar-refractivity contribution in [2.45, 2.75) is 43.5 Å². The number of nitrogens with two attached hydrogens (primary N) is 1. The molecule has 1 heterocycles. The van der Waals surface area contributed by atoms with Crippen LogP contribution in [0, 0.1) is 5.92 Å². The number of hydrogen-bond acceptors (Lipinski definition) is 3. The molecule has 1 aliphatic rings. The maximum Gasteiger partial charge on any atom is 0.242 e. The fourth-order valence-corrected chi connectivity index (χ4v) is 4.65. The average Bonchev–Trinajstić information content (AvgIpc) is 2.85. The summed E-state index contributed by atoms with van der Waals surface area (Å²) < 4.78 is 28.2. The van der Waals surface area contributed by atoms with Crippen LogP contribution in [-0.4, -0.2) is 19.4 Å². The quantitative estimate of drug-likeness (QED) is 0.762. The minimum Gasteiger partial charge on any atom is -0.399 e. The van der Waals surface area contributed by atoms with Gasteiger partial charge in [-0.3, -0.25) is 0 Å². The summed E-state index contributed by atoms with van der Waals surface area (Å²) in [6.45, 7) is 2.11. The summed E-state index contributed by atoms with van der Waals surface area (Å²) in [5, 5.41) is 0.681. The Morgan fingerprint density at radius 1 is 1.29 bits per heavy atom. The van der Waals surface area contributed by atoms with Gasteiger partial charge in [0.25, 0.3) is 0 Å². The molecule has 2 unspecified atom stereocenters. The first-order valence-electron chi connectivity index (χ1n) is 7.36. The van der Waals surface area contributed by atoms with E-state index < -0.39 is 10.0 Å². The van der Waals surface area contributed by atoms with Gasteiger partial charge in [-0.25, -0.2) is 13.1 Å². The third-order valence-electron chi connectivity index (χ3n) is 4.38. The van der Waals surface area contributed by atoms with Crippen molar-refractivity contribution in [3.63, 3.8) is 0 Å². The number of hydrogen-bond donors (Lipinski definition) is 3. The summed E-state index contributed by atoms with van der Waals surface area (Å²) in [4.78, 5) is 3.29. The number of H-pyrrole nitrogens is 1. The first-order chi connectivity index (χ1) is 9.97. The lowest BCUT2D eigenvalue weighted by molar-refractivity contribution is 0.310. The number of sulfonamides is 1. The van der Waals surface area contributed by atoms with Gasteiger partial charge in [0.1, 0.15) is 4.90 Å². The molecule has 0 saturated heterocycles. The number of anilines is 1. The lowest BCUT2D eigenvalue weighted by Crippen LogP contribution is -2.40. The zero-order valence-corrected chi connectivity index (χ0v) is 12.9. The predicted molar refractivity (Wildman–Crippen MR) is 84.5 cm³/mol. The SMILES string of the molecule is CC1CCCCC1NS(=O)(=O)c1c[nH]c2cc(N)ccc12. The van der Waals surface area contributed by atoms with E-state index in [1.165, 1.54) is 6.42 Å². The summed E-state index contributed by atoms with van der Waals surface area (Å²) in [5.41, 5.74) is 7.08. The third kappa shape index (κ3) is 2.78. The van der Waals surface area contributed by atoms with Gasteiger partial charge in [0, 0.05) is 28.8 Å². The van der Waals surface area contributed by atoms with Crippen molar-refractivity contribution in [1.29, 1.82) is 0 Å². The molecule has 1 aliphatic carbocycles. The van der Waals surface area contributed by atoms with E-state index in [-0.39, 0.29) is 6.04 Å². The number of aromatic nitrogens is 1. The molecule has 4 N–H and O–H groups in total. The topological polar surface area (TPSA) is 88.0 Å². The van der Waals surface area contributed by atoms with E-state index >= 15 is 0 Å². The molecule has 0 bridgehead atoms. The van der Waals surface area contributed by atoms with E-state index in [4.69, 9.17) is 5.73 Å². The Morgan fingerprint density at radius 3 is 2.81 bits per heavy atom. The molecule has 5 nitrogen and oxygen atoms in total. The zero-order valence-electron chi connectivity index (χ0n) is 12.1. The highest BCUT2D eigenvalue weighted by atomic mass is 32.2. The van der Waals surface area contributed by atoms with Crippen molar-refractivity contribution in [3.8, 4) is 0 Å². The highest BCUT2D eigenvalue weighted by Crippen LogP contribution is 2.28. The summed E-state index contributed by atoms with van der Waals surface area (Å²) in [7, 11) is -3.51. The van der Waals surface area contributed by atoms with Crippen molar-refractivity contribution in [2.75, 3.05) is 5.73 Å². The van der Waals surface area contributed by atoms with E-state index in [9.17, 15) is 8.42 Å². The zero-order chi connectivity index (χ0) is 15.0. The molecule has 2 aromatic rings. The number of fused-ring (bicyclic) bond motifs is 1. The number of rotatable bonds is 3. The smallest absolute Gasteiger partial charge is 0.242 e. The normalized spacial score (nSPS) is 23.5. The van der Waals surface area contributed by atoms with Crippen LogP contribution in [0.1, 0.15) is 32.6 Å². The van der Waals surface area contributed by atoms with Crippen LogP contribution in [0.15, 0.2) is 29.3 Å². The molecule has 1 aromatic heterocycles. The highest BCUT2D eigenvalue weighted by Gasteiger charge is 2.28. The molecule has 1 fully saturated rings. The van der Waals surface area contributed by atoms with Crippen LogP contribution in [0.5, 0.6) is 0 Å². The predicted octanol–water partition coefficient (Wildman–Crippen LogP) is 2.61. The van der Waals surface area contributed by atoms with E-state index in [1.54, 1.807) is 24.4 Å². The van der Waals surface area contributed by atoms with Crippen molar-refractivity contribution < 1.29 is 8.42 Å². The average molecular weight is 307 g/mol. The molecule has 1 aromatic carbocycles. The van der Waals surface area contributed by atoms with Gasteiger partial charge >= 0.3 is 0 Å². The van der Waals surface area contributed by atoms with Crippen molar-refractivity contribution in [3.05, 3.63) is 24.4 Å². The second kappa shape index (κ2) is 5.35. The largest absolute Gasteiger partial charge is 0.399 e. The van der Waals surface area contributed by atoms with Gasteiger partial charge in [0.2, 0.25) is 10.0 Å². The molecular formula is C15H21N3O2S. The minimum absolute atomic E-state index is 0.0301. The van der Waals surface area contributed by atoms with Gasteiger partial charge in [0.15, 0.2) is 0 Å². The van der Waals surface area contributed by atoms with E-state index in [1.807, 2.05) is 0 Å². The molecule has 0 aliphatic heterocycles. The minimum atomic E-state index is -3.51. The summed E-state index contributed by atoms with van der Waals surface area (Å²) in [5.74, 6) is 0.384. The Morgan fingerprint density at radius 2 is 2.05 bits per heavy atom. The fourth-order valence-electron chi connectivity index (χ4n) is 3.09. The molecule has 2 atom stereocenters. The Kier molecular flexibility index (Phi) is 3.67. The lowest BCUT2D eigenvalue weighted by atomic mass is 9.87. The van der Waals surface area contributed by atoms with Gasteiger partial charge in [-0.1, -0.05) is 19.8 Å². The monoisotopic (exact) mass is 307 g/mol. The molecule has 114 valence electrons. The number of nitrogens with one attached hydrogen (secondary N) is 2. The van der Waals surface area contributed by atoms with Crippen molar-refractivity contribution in [2.24, 2.45) is 5.92 Å². The second-order valence-corrected chi connectivity index (χ2v) is 7.63. The van der Waals surface area contributed by atoms with E-state index in [2.05, 4.69) is 16.6 Å². The van der Waals surface area contributed by atoms with Crippen LogP contribution in [0.3, 0.4) is 0 Å². The van der Waals surface area contributed by atoms with Crippen LogP contribution in [-0.2, 0) is 10.0 Å². The summed E-state index contributed by atoms with van der Waals surface area (Å²) in [6.07, 6.45) is 5.81. The van der Waals surface area contributed by atoms with Gasteiger partial charge in [0.05, 0.1) is 0 Å². The maximum absolute atomic E-state index is 12.6. The molecule has 21 heavy (non-hydrogen) atoms. The molecular weight excluding hydrogens is 286 g/mol. The van der Waals surface area contributed by atoms with Gasteiger partial charge in [-0.2, -0.15) is 0 Å². The Hall–Kier alpha value is -1.53. The van der Waals surface area contributed by atoms with E-state index in [0.717, 1.165) is 24.8 Å². The fraction of sp³-hybridized carbons (Fsp3) is 0.467. The second-order valence-electron chi connectivity index (χ2n) is 5.95. The van der Waals surface area contributed by atoms with Crippen LogP contribution < -0.4 is 10.5 Å². The lowest BCUT2D eigenvalue weighted by Gasteiger charge is -2.29. The molecule has 3 rings (SSSR count). The van der Waals surface area contributed by atoms with Gasteiger partial charge in [-0.05, 0) is 37.0 Å². The first kappa shape index (κ1) is 14.4. The summed E-state index contributed by atoms with van der Waals surface area (Å²) >= 11 is 0. The van der Waals surface area contributed by atoms with Crippen molar-refractivity contribution >= 4 is 26.6 Å². The molecule has 1 saturated carbocycles. The Balaban J connectivity index is 1.93. The summed E-state index contributed by atoms with van der Waals surface area (Å²) in [6, 6.07) is 5.25.